The molecular formula is C14H20F2N2O2. The molecule has 112 valence electrons. The SMILES string of the molecule is CCN(CC)CCNC(=O)COc1ccc(F)cc1F. The molecule has 0 saturated carbocycles. The molecule has 0 aliphatic carbocycles. The molecule has 0 aliphatic heterocycles. The second-order valence-electron chi connectivity index (χ2n) is 4.24. The molecule has 0 aliphatic rings. The lowest BCUT2D eigenvalue weighted by Crippen LogP contribution is -2.36. The minimum Gasteiger partial charge on any atom is -0.481 e. The topological polar surface area (TPSA) is 41.6 Å². The number of hydrogen-bond donors (Lipinski definition) is 1. The Balaban J connectivity index is 2.29. The molecule has 0 atom stereocenters. The number of carbonyl (C=O) groups excluding carboxylic acids is 1. The Bertz CT molecular complexity index is 437. The molecular weight excluding hydrogens is 266 g/mol. The normalized spacial score (nSPS) is 10.7. The molecule has 0 saturated heterocycles. The summed E-state index contributed by atoms with van der Waals surface area (Å²) in [6.45, 7) is 6.91. The molecule has 0 aromatic heterocycles. The predicted molar refractivity (Wildman–Crippen MR) is 72.7 cm³/mol. The number of likely N-dealkylation sites (N-methyl/N-ethyl adjacent to an activating group) is 1. The van der Waals surface area contributed by atoms with Crippen molar-refractivity contribution in [1.29, 1.82) is 0 Å². The van der Waals surface area contributed by atoms with Crippen LogP contribution in [0.5, 0.6) is 5.75 Å². The quantitative estimate of drug-likeness (QED) is 0.792. The van der Waals surface area contributed by atoms with Gasteiger partial charge in [-0.1, -0.05) is 13.8 Å². The van der Waals surface area contributed by atoms with Crippen molar-refractivity contribution < 1.29 is 18.3 Å². The zero-order valence-electron chi connectivity index (χ0n) is 11.8. The summed E-state index contributed by atoms with van der Waals surface area (Å²) in [6.07, 6.45) is 0. The predicted octanol–water partition coefficient (Wildman–Crippen LogP) is 1.80. The highest BCUT2D eigenvalue weighted by atomic mass is 19.1. The fourth-order valence-corrected chi connectivity index (χ4v) is 1.68. The number of rotatable bonds is 8. The van der Waals surface area contributed by atoms with Crippen molar-refractivity contribution in [2.45, 2.75) is 13.8 Å². The zero-order valence-corrected chi connectivity index (χ0v) is 11.8. The molecule has 0 heterocycles. The van der Waals surface area contributed by atoms with Gasteiger partial charge in [-0.25, -0.2) is 8.78 Å². The van der Waals surface area contributed by atoms with E-state index in [2.05, 4.69) is 10.2 Å². The van der Waals surface area contributed by atoms with Crippen molar-refractivity contribution in [3.05, 3.63) is 29.8 Å². The van der Waals surface area contributed by atoms with Crippen LogP contribution in [0.4, 0.5) is 8.78 Å². The standard InChI is InChI=1S/C14H20F2N2O2/c1-3-18(4-2)8-7-17-14(19)10-20-13-6-5-11(15)9-12(13)16/h5-6,9H,3-4,7-8,10H2,1-2H3,(H,17,19). The lowest BCUT2D eigenvalue weighted by Gasteiger charge is -2.18. The van der Waals surface area contributed by atoms with Crippen molar-refractivity contribution in [3.8, 4) is 5.75 Å². The molecule has 6 heteroatoms. The number of nitrogens with zero attached hydrogens (tertiary/aromatic N) is 1. The number of halogens is 2. The van der Waals surface area contributed by atoms with Crippen LogP contribution < -0.4 is 10.1 Å². The molecule has 1 rings (SSSR count). The van der Waals surface area contributed by atoms with Gasteiger partial charge in [0.1, 0.15) is 5.82 Å². The summed E-state index contributed by atoms with van der Waals surface area (Å²) < 4.78 is 30.9. The summed E-state index contributed by atoms with van der Waals surface area (Å²) in [6, 6.07) is 2.96. The summed E-state index contributed by atoms with van der Waals surface area (Å²) in [5, 5.41) is 2.68. The Morgan fingerprint density at radius 3 is 2.60 bits per heavy atom. The van der Waals surface area contributed by atoms with E-state index in [4.69, 9.17) is 4.74 Å². The van der Waals surface area contributed by atoms with Gasteiger partial charge in [-0.2, -0.15) is 0 Å². The molecule has 1 aromatic carbocycles. The van der Waals surface area contributed by atoms with Crippen LogP contribution in [-0.2, 0) is 4.79 Å². The maximum atomic E-state index is 13.2. The van der Waals surface area contributed by atoms with Gasteiger partial charge in [-0.3, -0.25) is 4.79 Å². The average molecular weight is 286 g/mol. The Hall–Kier alpha value is -1.69. The third-order valence-corrected chi connectivity index (χ3v) is 2.90. The van der Waals surface area contributed by atoms with Crippen molar-refractivity contribution in [1.82, 2.24) is 10.2 Å². The Kier molecular flexibility index (Phi) is 6.93. The highest BCUT2D eigenvalue weighted by Crippen LogP contribution is 2.17. The molecule has 1 amide bonds. The second-order valence-corrected chi connectivity index (χ2v) is 4.24. The lowest BCUT2D eigenvalue weighted by atomic mass is 10.3. The summed E-state index contributed by atoms with van der Waals surface area (Å²) >= 11 is 0. The van der Waals surface area contributed by atoms with Crippen LogP contribution in [0.25, 0.3) is 0 Å². The summed E-state index contributed by atoms with van der Waals surface area (Å²) in [5.74, 6) is -1.97. The monoisotopic (exact) mass is 286 g/mol. The van der Waals surface area contributed by atoms with Crippen LogP contribution >= 0.6 is 0 Å². The Morgan fingerprint density at radius 1 is 1.30 bits per heavy atom. The van der Waals surface area contributed by atoms with E-state index in [9.17, 15) is 13.6 Å². The first-order valence-electron chi connectivity index (χ1n) is 6.63. The van der Waals surface area contributed by atoms with E-state index in [0.29, 0.717) is 12.6 Å². The minimum atomic E-state index is -0.819. The fourth-order valence-electron chi connectivity index (χ4n) is 1.68. The molecule has 4 nitrogen and oxygen atoms in total. The Morgan fingerprint density at radius 2 is 2.00 bits per heavy atom. The van der Waals surface area contributed by atoms with Gasteiger partial charge in [0.05, 0.1) is 0 Å². The first kappa shape index (κ1) is 16.4. The minimum absolute atomic E-state index is 0.134. The molecule has 0 fully saturated rings. The highest BCUT2D eigenvalue weighted by molar-refractivity contribution is 5.77. The molecule has 1 aromatic rings. The van der Waals surface area contributed by atoms with Gasteiger partial charge >= 0.3 is 0 Å². The van der Waals surface area contributed by atoms with E-state index in [0.717, 1.165) is 31.8 Å². The molecule has 0 spiro atoms. The number of hydrogen-bond acceptors (Lipinski definition) is 3. The van der Waals surface area contributed by atoms with Crippen LogP contribution in [-0.4, -0.2) is 43.6 Å². The molecule has 1 N–H and O–H groups in total. The van der Waals surface area contributed by atoms with Crippen LogP contribution in [0.15, 0.2) is 18.2 Å². The van der Waals surface area contributed by atoms with Crippen LogP contribution in [0.3, 0.4) is 0 Å². The van der Waals surface area contributed by atoms with Crippen LogP contribution in [0.2, 0.25) is 0 Å². The van der Waals surface area contributed by atoms with E-state index in [1.165, 1.54) is 0 Å². The molecule has 20 heavy (non-hydrogen) atoms. The fraction of sp³-hybridized carbons (Fsp3) is 0.500. The summed E-state index contributed by atoms with van der Waals surface area (Å²) in [7, 11) is 0. The van der Waals surface area contributed by atoms with Gasteiger partial charge in [-0.05, 0) is 25.2 Å². The smallest absolute Gasteiger partial charge is 0.257 e. The zero-order chi connectivity index (χ0) is 15.0. The highest BCUT2D eigenvalue weighted by Gasteiger charge is 2.08. The number of amides is 1. The van der Waals surface area contributed by atoms with Gasteiger partial charge in [0.25, 0.3) is 5.91 Å². The first-order valence-corrected chi connectivity index (χ1v) is 6.63. The largest absolute Gasteiger partial charge is 0.481 e. The van der Waals surface area contributed by atoms with E-state index >= 15 is 0 Å². The van der Waals surface area contributed by atoms with Crippen LogP contribution in [0.1, 0.15) is 13.8 Å². The first-order chi connectivity index (χ1) is 9.56. The summed E-state index contributed by atoms with van der Waals surface area (Å²) in [4.78, 5) is 13.7. The third kappa shape index (κ3) is 5.52. The van der Waals surface area contributed by atoms with Crippen molar-refractivity contribution in [2.24, 2.45) is 0 Å². The van der Waals surface area contributed by atoms with Crippen molar-refractivity contribution >= 4 is 5.91 Å². The molecule has 0 bridgehead atoms. The average Bonchev–Trinajstić information content (AvgIpc) is 2.42. The van der Waals surface area contributed by atoms with E-state index in [1.54, 1.807) is 0 Å². The number of nitrogens with one attached hydrogen (secondary N) is 1. The number of ether oxygens (including phenoxy) is 1. The van der Waals surface area contributed by atoms with Gasteiger partial charge < -0.3 is 15.0 Å². The van der Waals surface area contributed by atoms with E-state index in [-0.39, 0.29) is 18.3 Å². The van der Waals surface area contributed by atoms with Crippen molar-refractivity contribution in [2.75, 3.05) is 32.8 Å². The van der Waals surface area contributed by atoms with Gasteiger partial charge in [0.15, 0.2) is 18.2 Å². The van der Waals surface area contributed by atoms with Crippen molar-refractivity contribution in [3.63, 3.8) is 0 Å². The molecule has 0 unspecified atom stereocenters. The second kappa shape index (κ2) is 8.47. The van der Waals surface area contributed by atoms with Crippen LogP contribution in [0, 0.1) is 11.6 Å². The maximum absolute atomic E-state index is 13.2. The number of carbonyl (C=O) groups is 1. The Labute approximate surface area is 117 Å². The van der Waals surface area contributed by atoms with E-state index < -0.39 is 11.6 Å². The molecule has 0 radical (unpaired) electrons. The van der Waals surface area contributed by atoms with E-state index in [1.807, 2.05) is 13.8 Å². The lowest BCUT2D eigenvalue weighted by molar-refractivity contribution is -0.123. The van der Waals surface area contributed by atoms with Gasteiger partial charge in [0.2, 0.25) is 0 Å². The number of benzene rings is 1. The maximum Gasteiger partial charge on any atom is 0.257 e. The van der Waals surface area contributed by atoms with Gasteiger partial charge in [0, 0.05) is 19.2 Å². The summed E-state index contributed by atoms with van der Waals surface area (Å²) in [5.41, 5.74) is 0. The van der Waals surface area contributed by atoms with Gasteiger partial charge in [-0.15, -0.1) is 0 Å². The third-order valence-electron chi connectivity index (χ3n) is 2.90.